The predicted molar refractivity (Wildman–Crippen MR) is 110 cm³/mol. The second-order valence-electron chi connectivity index (χ2n) is 6.17. The van der Waals surface area contributed by atoms with Crippen LogP contribution in [-0.4, -0.2) is 29.4 Å². The van der Waals surface area contributed by atoms with Crippen LogP contribution in [0.2, 0.25) is 10.0 Å². The quantitative estimate of drug-likeness (QED) is 0.518. The van der Waals surface area contributed by atoms with Crippen LogP contribution in [0.1, 0.15) is 11.1 Å². The van der Waals surface area contributed by atoms with Crippen LogP contribution >= 0.6 is 23.2 Å². The molecule has 0 saturated heterocycles. The number of nitrogens with zero attached hydrogens (tertiary/aromatic N) is 3. The van der Waals surface area contributed by atoms with Crippen LogP contribution < -0.4 is 0 Å². The van der Waals surface area contributed by atoms with Crippen molar-refractivity contribution in [3.8, 4) is 0 Å². The second kappa shape index (κ2) is 8.05. The van der Waals surface area contributed by atoms with E-state index in [0.717, 1.165) is 6.26 Å². The topological polar surface area (TPSA) is 74.1 Å². The van der Waals surface area contributed by atoms with Crippen molar-refractivity contribution < 1.29 is 12.6 Å². The van der Waals surface area contributed by atoms with E-state index >= 15 is 0 Å². The Kier molecular flexibility index (Phi) is 5.90. The van der Waals surface area contributed by atoms with E-state index in [0.29, 0.717) is 26.7 Å². The molecule has 1 unspecified atom stereocenters. The van der Waals surface area contributed by atoms with Gasteiger partial charge in [-0.15, -0.1) is 0 Å². The van der Waals surface area contributed by atoms with Gasteiger partial charge in [-0.3, -0.25) is 4.18 Å². The molecule has 1 heterocycles. The molecule has 0 saturated carbocycles. The van der Waals surface area contributed by atoms with Crippen molar-refractivity contribution in [2.45, 2.75) is 12.1 Å². The van der Waals surface area contributed by atoms with Gasteiger partial charge in [0.15, 0.2) is 5.60 Å². The number of benzene rings is 2. The summed E-state index contributed by atoms with van der Waals surface area (Å²) in [7, 11) is -3.91. The molecule has 2 aromatic carbocycles. The molecule has 3 rings (SSSR count). The third-order valence-corrected chi connectivity index (χ3v) is 5.31. The van der Waals surface area contributed by atoms with Crippen molar-refractivity contribution in [2.75, 3.05) is 6.26 Å². The first-order valence-electron chi connectivity index (χ1n) is 8.15. The van der Waals surface area contributed by atoms with Crippen LogP contribution in [0.3, 0.4) is 0 Å². The summed E-state index contributed by atoms with van der Waals surface area (Å²) in [5, 5.41) is 5.02. The molecule has 9 heteroatoms. The highest BCUT2D eigenvalue weighted by Crippen LogP contribution is 2.43. The van der Waals surface area contributed by atoms with Crippen molar-refractivity contribution in [1.82, 2.24) is 14.8 Å². The van der Waals surface area contributed by atoms with Crippen molar-refractivity contribution in [2.24, 2.45) is 0 Å². The highest BCUT2D eigenvalue weighted by atomic mass is 35.5. The van der Waals surface area contributed by atoms with Gasteiger partial charge in [-0.2, -0.15) is 13.5 Å². The van der Waals surface area contributed by atoms with Crippen molar-refractivity contribution in [1.29, 1.82) is 0 Å². The van der Waals surface area contributed by atoms with Gasteiger partial charge in [-0.1, -0.05) is 60.1 Å². The molecule has 1 atom stereocenters. The largest absolute Gasteiger partial charge is 0.265 e. The zero-order chi connectivity index (χ0) is 20.4. The predicted octanol–water partition coefficient (Wildman–Crippen LogP) is 4.17. The molecule has 0 bridgehead atoms. The number of aromatic nitrogens is 3. The summed E-state index contributed by atoms with van der Waals surface area (Å²) in [4.78, 5) is 3.93. The lowest BCUT2D eigenvalue weighted by molar-refractivity contribution is 0.114. The standard InChI is InChI=1S/C19H17Cl2N3O3S/c1-14(17-5-3-4-6-18(17)21)19(27-28(2,25)26,11-24-13-22-12-23-24)15-7-9-16(20)10-8-15/h3-10,12-13H,1,11H2,2H3. The molecule has 0 aliphatic rings. The molecule has 0 radical (unpaired) electrons. The van der Waals surface area contributed by atoms with E-state index in [2.05, 4.69) is 16.7 Å². The summed E-state index contributed by atoms with van der Waals surface area (Å²) in [6.45, 7) is 4.16. The van der Waals surface area contributed by atoms with Crippen LogP contribution in [0, 0.1) is 0 Å². The van der Waals surface area contributed by atoms with Gasteiger partial charge in [0.25, 0.3) is 10.1 Å². The summed E-state index contributed by atoms with van der Waals surface area (Å²) in [5.74, 6) is 0. The molecule has 0 aliphatic heterocycles. The minimum Gasteiger partial charge on any atom is -0.252 e. The lowest BCUT2D eigenvalue weighted by Gasteiger charge is -2.35. The summed E-state index contributed by atoms with van der Waals surface area (Å²) in [6, 6.07) is 13.7. The van der Waals surface area contributed by atoms with Crippen LogP contribution in [0.25, 0.3) is 5.57 Å². The maximum Gasteiger partial charge on any atom is 0.265 e. The zero-order valence-corrected chi connectivity index (χ0v) is 17.2. The fourth-order valence-electron chi connectivity index (χ4n) is 2.93. The maximum absolute atomic E-state index is 12.3. The van der Waals surface area contributed by atoms with E-state index in [1.807, 2.05) is 0 Å². The number of hydrogen-bond acceptors (Lipinski definition) is 5. The molecule has 1 aromatic heterocycles. The second-order valence-corrected chi connectivity index (χ2v) is 8.59. The summed E-state index contributed by atoms with van der Waals surface area (Å²) in [5.41, 5.74) is -0.0661. The fraction of sp³-hybridized carbons (Fsp3) is 0.158. The molecular formula is C19H17Cl2N3O3S. The average Bonchev–Trinajstić information content (AvgIpc) is 3.13. The molecule has 0 aliphatic carbocycles. The van der Waals surface area contributed by atoms with E-state index in [4.69, 9.17) is 27.4 Å². The Morgan fingerprint density at radius 1 is 1.18 bits per heavy atom. The van der Waals surface area contributed by atoms with Gasteiger partial charge in [-0.05, 0) is 34.9 Å². The Balaban J connectivity index is 2.26. The monoisotopic (exact) mass is 437 g/mol. The van der Waals surface area contributed by atoms with Crippen molar-refractivity contribution >= 4 is 38.9 Å². The van der Waals surface area contributed by atoms with E-state index in [9.17, 15) is 8.42 Å². The van der Waals surface area contributed by atoms with E-state index in [1.165, 1.54) is 17.3 Å². The smallest absolute Gasteiger partial charge is 0.252 e. The normalized spacial score (nSPS) is 13.8. The van der Waals surface area contributed by atoms with E-state index in [-0.39, 0.29) is 6.54 Å². The van der Waals surface area contributed by atoms with E-state index < -0.39 is 15.7 Å². The SMILES string of the molecule is C=C(c1ccccc1Cl)C(Cn1cncn1)(OS(C)(=O)=O)c1ccc(Cl)cc1. The molecule has 3 aromatic rings. The van der Waals surface area contributed by atoms with Crippen LogP contribution in [0.15, 0.2) is 67.8 Å². The zero-order valence-electron chi connectivity index (χ0n) is 14.9. The molecule has 0 spiro atoms. The molecule has 28 heavy (non-hydrogen) atoms. The first-order valence-corrected chi connectivity index (χ1v) is 10.7. The third kappa shape index (κ3) is 4.44. The Morgan fingerprint density at radius 3 is 2.43 bits per heavy atom. The van der Waals surface area contributed by atoms with Crippen molar-refractivity contribution in [3.05, 3.63) is 88.9 Å². The number of halogens is 2. The molecule has 0 N–H and O–H groups in total. The van der Waals surface area contributed by atoms with Gasteiger partial charge in [0.05, 0.1) is 12.8 Å². The first kappa shape index (κ1) is 20.5. The van der Waals surface area contributed by atoms with Gasteiger partial charge in [-0.25, -0.2) is 9.67 Å². The Labute approximate surface area is 173 Å². The highest BCUT2D eigenvalue weighted by Gasteiger charge is 2.42. The minimum absolute atomic E-state index is 0.00571. The first-order chi connectivity index (χ1) is 13.2. The van der Waals surface area contributed by atoms with Crippen LogP contribution in [-0.2, 0) is 26.4 Å². The lowest BCUT2D eigenvalue weighted by atomic mass is 9.83. The number of hydrogen-bond donors (Lipinski definition) is 0. The third-order valence-electron chi connectivity index (χ3n) is 4.14. The van der Waals surface area contributed by atoms with Gasteiger partial charge < -0.3 is 0 Å². The molecule has 146 valence electrons. The van der Waals surface area contributed by atoms with Crippen molar-refractivity contribution in [3.63, 3.8) is 0 Å². The highest BCUT2D eigenvalue weighted by molar-refractivity contribution is 7.86. The van der Waals surface area contributed by atoms with Gasteiger partial charge in [0, 0.05) is 10.0 Å². The van der Waals surface area contributed by atoms with Gasteiger partial charge in [0.2, 0.25) is 0 Å². The van der Waals surface area contributed by atoms with Crippen LogP contribution in [0.4, 0.5) is 0 Å². The van der Waals surface area contributed by atoms with Crippen LogP contribution in [0.5, 0.6) is 0 Å². The Morgan fingerprint density at radius 2 is 1.86 bits per heavy atom. The Bertz CT molecular complexity index is 1080. The Hall–Kier alpha value is -2.19. The molecule has 6 nitrogen and oxygen atoms in total. The fourth-order valence-corrected chi connectivity index (χ4v) is 4.07. The summed E-state index contributed by atoms with van der Waals surface area (Å²) in [6.07, 6.45) is 3.81. The minimum atomic E-state index is -3.91. The molecular weight excluding hydrogens is 421 g/mol. The maximum atomic E-state index is 12.3. The number of rotatable bonds is 7. The van der Waals surface area contributed by atoms with E-state index in [1.54, 1.807) is 48.5 Å². The van der Waals surface area contributed by atoms with Gasteiger partial charge in [0.1, 0.15) is 12.7 Å². The summed E-state index contributed by atoms with van der Waals surface area (Å²) >= 11 is 12.4. The molecule has 0 fully saturated rings. The molecule has 0 amide bonds. The lowest BCUT2D eigenvalue weighted by Crippen LogP contribution is -2.38. The van der Waals surface area contributed by atoms with Gasteiger partial charge >= 0.3 is 0 Å². The average molecular weight is 438 g/mol. The summed E-state index contributed by atoms with van der Waals surface area (Å²) < 4.78 is 31.7.